The lowest BCUT2D eigenvalue weighted by molar-refractivity contribution is 0.598. The van der Waals surface area contributed by atoms with Gasteiger partial charge in [0, 0.05) is 23.3 Å². The molecular weight excluding hydrogens is 313 g/mol. The van der Waals surface area contributed by atoms with Gasteiger partial charge in [0.15, 0.2) is 0 Å². The van der Waals surface area contributed by atoms with Gasteiger partial charge >= 0.3 is 0 Å². The molecule has 0 atom stereocenters. The van der Waals surface area contributed by atoms with E-state index < -0.39 is 20.7 Å². The first-order valence-corrected chi connectivity index (χ1v) is 9.36. The van der Waals surface area contributed by atoms with Crippen LogP contribution in [0.25, 0.3) is 0 Å². The molecule has 1 rings (SSSR count). The number of halogens is 2. The number of nitrogens with zero attached hydrogens (tertiary/aromatic N) is 1. The Morgan fingerprint density at radius 2 is 1.61 bits per heavy atom. The Hall–Kier alpha value is -0.100. The van der Waals surface area contributed by atoms with Crippen LogP contribution in [0.5, 0.6) is 0 Å². The third-order valence-corrected chi connectivity index (χ3v) is 6.82. The predicted molar refractivity (Wildman–Crippen MR) is 79.3 cm³/mol. The summed E-state index contributed by atoms with van der Waals surface area (Å²) < 4.78 is 28.0. The van der Waals surface area contributed by atoms with E-state index in [9.17, 15) is 8.42 Å². The SMILES string of the molecule is Cc1ccc(S(=O)(=O)N=S(CCCl)CCCl)cc1. The molecule has 1 aromatic rings. The fourth-order valence-electron chi connectivity index (χ4n) is 1.25. The highest BCUT2D eigenvalue weighted by Crippen LogP contribution is 2.14. The van der Waals surface area contributed by atoms with Crippen molar-refractivity contribution in [3.8, 4) is 0 Å². The van der Waals surface area contributed by atoms with E-state index in [4.69, 9.17) is 23.2 Å². The number of hydrogen-bond acceptors (Lipinski definition) is 2. The molecule has 0 aliphatic carbocycles. The van der Waals surface area contributed by atoms with E-state index in [0.717, 1.165) is 5.56 Å². The maximum Gasteiger partial charge on any atom is 0.287 e. The molecule has 0 unspecified atom stereocenters. The van der Waals surface area contributed by atoms with Crippen LogP contribution in [0.2, 0.25) is 0 Å². The van der Waals surface area contributed by atoms with Gasteiger partial charge in [-0.1, -0.05) is 28.4 Å². The summed E-state index contributed by atoms with van der Waals surface area (Å²) in [6, 6.07) is 6.64. The highest BCUT2D eigenvalue weighted by molar-refractivity contribution is 8.00. The summed E-state index contributed by atoms with van der Waals surface area (Å²) in [5.74, 6) is 1.85. The molecule has 0 fully saturated rings. The van der Waals surface area contributed by atoms with Crippen molar-refractivity contribution in [1.29, 1.82) is 0 Å². The van der Waals surface area contributed by atoms with Gasteiger partial charge in [0.25, 0.3) is 10.0 Å². The standard InChI is InChI=1S/C11H15Cl2NO2S2/c1-10-2-4-11(5-3-10)18(15,16)14-17(8-6-12)9-7-13/h2-5H,6-9H2,1H3. The van der Waals surface area contributed by atoms with E-state index in [1.807, 2.05) is 6.92 Å². The van der Waals surface area contributed by atoms with Crippen molar-refractivity contribution < 1.29 is 8.42 Å². The summed E-state index contributed by atoms with van der Waals surface area (Å²) in [6.07, 6.45) is 0. The largest absolute Gasteiger partial charge is 0.287 e. The maximum absolute atomic E-state index is 12.1. The molecule has 3 nitrogen and oxygen atoms in total. The Labute approximate surface area is 121 Å². The minimum atomic E-state index is -3.60. The molecule has 18 heavy (non-hydrogen) atoms. The lowest BCUT2D eigenvalue weighted by Gasteiger charge is -2.05. The van der Waals surface area contributed by atoms with Gasteiger partial charge in [-0.05, 0) is 19.1 Å². The molecule has 7 heteroatoms. The second kappa shape index (κ2) is 7.48. The first-order chi connectivity index (χ1) is 8.49. The van der Waals surface area contributed by atoms with Crippen molar-refractivity contribution in [2.75, 3.05) is 23.3 Å². The van der Waals surface area contributed by atoms with Crippen molar-refractivity contribution in [3.05, 3.63) is 29.8 Å². The van der Waals surface area contributed by atoms with Crippen LogP contribution in [0.3, 0.4) is 0 Å². The molecule has 0 aliphatic heterocycles. The molecule has 102 valence electrons. The van der Waals surface area contributed by atoms with Gasteiger partial charge in [-0.15, -0.1) is 27.0 Å². The Bertz CT molecular complexity index is 504. The molecule has 0 bridgehead atoms. The summed E-state index contributed by atoms with van der Waals surface area (Å²) in [4.78, 5) is 0.217. The fourth-order valence-corrected chi connectivity index (χ4v) is 5.41. The van der Waals surface area contributed by atoms with Crippen molar-refractivity contribution in [1.82, 2.24) is 0 Å². The van der Waals surface area contributed by atoms with Gasteiger partial charge in [0.05, 0.1) is 4.90 Å². The van der Waals surface area contributed by atoms with E-state index in [1.165, 1.54) is 0 Å². The fraction of sp³-hybridized carbons (Fsp3) is 0.455. The Kier molecular flexibility index (Phi) is 6.63. The monoisotopic (exact) mass is 327 g/mol. The van der Waals surface area contributed by atoms with Gasteiger partial charge in [-0.25, -0.2) is 0 Å². The summed E-state index contributed by atoms with van der Waals surface area (Å²) in [5, 5.41) is 0. The first kappa shape index (κ1) is 16.0. The van der Waals surface area contributed by atoms with E-state index in [1.54, 1.807) is 24.3 Å². The van der Waals surface area contributed by atoms with Crippen LogP contribution >= 0.6 is 23.2 Å². The topological polar surface area (TPSA) is 46.5 Å². The van der Waals surface area contributed by atoms with Gasteiger partial charge in [-0.3, -0.25) is 0 Å². The minimum Gasteiger partial charge on any atom is -0.199 e. The number of rotatable bonds is 6. The summed E-state index contributed by atoms with van der Waals surface area (Å²) in [7, 11) is -4.23. The summed E-state index contributed by atoms with van der Waals surface area (Å²) in [5.41, 5.74) is 1.01. The minimum absolute atomic E-state index is 0.217. The highest BCUT2D eigenvalue weighted by Gasteiger charge is 2.13. The zero-order valence-electron chi connectivity index (χ0n) is 9.97. The van der Waals surface area contributed by atoms with Gasteiger partial charge in [0.2, 0.25) is 0 Å². The third kappa shape index (κ3) is 4.88. The van der Waals surface area contributed by atoms with Crippen LogP contribution in [0.1, 0.15) is 5.56 Å². The molecule has 0 aliphatic rings. The highest BCUT2D eigenvalue weighted by atomic mass is 35.5. The van der Waals surface area contributed by atoms with E-state index in [0.29, 0.717) is 23.3 Å². The molecule has 0 saturated heterocycles. The van der Waals surface area contributed by atoms with Gasteiger partial charge in [0.1, 0.15) is 0 Å². The molecule has 0 heterocycles. The normalized spacial score (nSPS) is 11.8. The molecule has 0 radical (unpaired) electrons. The molecule has 0 spiro atoms. The van der Waals surface area contributed by atoms with Crippen LogP contribution < -0.4 is 0 Å². The smallest absolute Gasteiger partial charge is 0.199 e. The predicted octanol–water partition coefficient (Wildman–Crippen LogP) is 2.96. The van der Waals surface area contributed by atoms with Crippen molar-refractivity contribution >= 4 is 43.9 Å². The maximum atomic E-state index is 12.1. The lowest BCUT2D eigenvalue weighted by Crippen LogP contribution is -2.08. The lowest BCUT2D eigenvalue weighted by atomic mass is 10.2. The second-order valence-corrected chi connectivity index (χ2v) is 8.13. The molecular formula is C11H15Cl2NO2S2. The molecule has 1 aromatic carbocycles. The van der Waals surface area contributed by atoms with Crippen molar-refractivity contribution in [2.45, 2.75) is 11.8 Å². The van der Waals surface area contributed by atoms with Crippen LogP contribution in [0, 0.1) is 6.92 Å². The number of benzene rings is 1. The molecule has 0 N–H and O–H groups in total. The number of sulfonamides is 1. The number of alkyl halides is 2. The number of hydrogen-bond donors (Lipinski definition) is 0. The van der Waals surface area contributed by atoms with Crippen LogP contribution in [-0.4, -0.2) is 31.7 Å². The molecule has 0 amide bonds. The average Bonchev–Trinajstić information content (AvgIpc) is 2.29. The second-order valence-electron chi connectivity index (χ2n) is 3.61. The summed E-state index contributed by atoms with van der Waals surface area (Å²) in [6.45, 7) is 1.90. The Balaban J connectivity index is 3.04. The van der Waals surface area contributed by atoms with Crippen LogP contribution in [-0.2, 0) is 20.7 Å². The Morgan fingerprint density at radius 1 is 1.11 bits per heavy atom. The van der Waals surface area contributed by atoms with Gasteiger partial charge in [-0.2, -0.15) is 8.42 Å². The number of aryl methyl sites for hydroxylation is 1. The van der Waals surface area contributed by atoms with Crippen molar-refractivity contribution in [3.63, 3.8) is 0 Å². The molecule has 0 saturated carbocycles. The molecule has 0 aromatic heterocycles. The third-order valence-electron chi connectivity index (χ3n) is 2.15. The summed E-state index contributed by atoms with van der Waals surface area (Å²) >= 11 is 11.3. The zero-order chi connectivity index (χ0) is 13.6. The van der Waals surface area contributed by atoms with E-state index in [-0.39, 0.29) is 4.90 Å². The van der Waals surface area contributed by atoms with Gasteiger partial charge < -0.3 is 0 Å². The van der Waals surface area contributed by atoms with E-state index >= 15 is 0 Å². The van der Waals surface area contributed by atoms with E-state index in [2.05, 4.69) is 3.77 Å². The average molecular weight is 328 g/mol. The van der Waals surface area contributed by atoms with Crippen LogP contribution in [0.15, 0.2) is 32.9 Å². The first-order valence-electron chi connectivity index (χ1n) is 5.34. The zero-order valence-corrected chi connectivity index (χ0v) is 13.1. The van der Waals surface area contributed by atoms with Crippen molar-refractivity contribution in [2.24, 2.45) is 3.77 Å². The van der Waals surface area contributed by atoms with Crippen LogP contribution in [0.4, 0.5) is 0 Å². The Morgan fingerprint density at radius 3 is 2.06 bits per heavy atom. The quantitative estimate of drug-likeness (QED) is 0.754.